The van der Waals surface area contributed by atoms with E-state index in [0.29, 0.717) is 11.5 Å². The van der Waals surface area contributed by atoms with Crippen LogP contribution in [-0.2, 0) is 0 Å². The number of nitrogens with zero attached hydrogens (tertiary/aromatic N) is 1. The van der Waals surface area contributed by atoms with E-state index < -0.39 is 0 Å². The maximum Gasteiger partial charge on any atom is 0.228 e. The quantitative estimate of drug-likeness (QED) is 0.552. The van der Waals surface area contributed by atoms with Gasteiger partial charge in [-0.2, -0.15) is 0 Å². The van der Waals surface area contributed by atoms with Crippen LogP contribution in [0.15, 0.2) is 59.1 Å². The third-order valence-electron chi connectivity index (χ3n) is 3.95. The number of ether oxygens (including phenoxy) is 2. The molecular formula is C19H15NO3. The van der Waals surface area contributed by atoms with Crippen molar-refractivity contribution in [1.82, 2.24) is 4.98 Å². The van der Waals surface area contributed by atoms with Crippen LogP contribution in [0.3, 0.4) is 0 Å². The van der Waals surface area contributed by atoms with Crippen LogP contribution in [0.5, 0.6) is 11.5 Å². The molecular weight excluding hydrogens is 290 g/mol. The second-order valence-electron chi connectivity index (χ2n) is 5.21. The van der Waals surface area contributed by atoms with Gasteiger partial charge >= 0.3 is 0 Å². The van der Waals surface area contributed by atoms with E-state index >= 15 is 0 Å². The number of hydrogen-bond acceptors (Lipinski definition) is 4. The van der Waals surface area contributed by atoms with Crippen molar-refractivity contribution in [3.05, 3.63) is 54.7 Å². The summed E-state index contributed by atoms with van der Waals surface area (Å²) in [6.45, 7) is 0. The predicted molar refractivity (Wildman–Crippen MR) is 90.1 cm³/mol. The summed E-state index contributed by atoms with van der Waals surface area (Å²) in [6.07, 6.45) is 1.70. The Balaban J connectivity index is 2.16. The van der Waals surface area contributed by atoms with Crippen molar-refractivity contribution >= 4 is 22.1 Å². The van der Waals surface area contributed by atoms with E-state index in [4.69, 9.17) is 13.9 Å². The minimum Gasteiger partial charge on any atom is -0.497 e. The molecule has 4 heteroatoms. The molecule has 0 saturated heterocycles. The largest absolute Gasteiger partial charge is 0.497 e. The highest BCUT2D eigenvalue weighted by molar-refractivity contribution is 6.12. The smallest absolute Gasteiger partial charge is 0.228 e. The highest BCUT2D eigenvalue weighted by Crippen LogP contribution is 2.41. The molecule has 0 fully saturated rings. The summed E-state index contributed by atoms with van der Waals surface area (Å²) >= 11 is 0. The summed E-state index contributed by atoms with van der Waals surface area (Å²) in [5, 5.41) is 1.90. The van der Waals surface area contributed by atoms with Gasteiger partial charge in [-0.25, -0.2) is 4.98 Å². The lowest BCUT2D eigenvalue weighted by atomic mass is 10.0. The van der Waals surface area contributed by atoms with Crippen LogP contribution in [0.2, 0.25) is 0 Å². The summed E-state index contributed by atoms with van der Waals surface area (Å²) in [6, 6.07) is 15.8. The topological polar surface area (TPSA) is 44.5 Å². The number of hydrogen-bond donors (Lipinski definition) is 0. The van der Waals surface area contributed by atoms with Gasteiger partial charge in [0.05, 0.1) is 25.8 Å². The zero-order valence-electron chi connectivity index (χ0n) is 12.9. The maximum absolute atomic E-state index is 5.89. The maximum atomic E-state index is 5.89. The first-order valence-electron chi connectivity index (χ1n) is 7.30. The van der Waals surface area contributed by atoms with Gasteiger partial charge in [-0.15, -0.1) is 0 Å². The standard InChI is InChI=1S/C19H15NO3/c1-21-13-8-9-15-14(10-13)18-17(12-6-4-3-5-7-12)16(22-2)11-20-19(18)23-15/h3-11H,1-2H3. The van der Waals surface area contributed by atoms with Crippen LogP contribution >= 0.6 is 0 Å². The first kappa shape index (κ1) is 13.6. The fraction of sp³-hybridized carbons (Fsp3) is 0.105. The SMILES string of the molecule is COc1ccc2oc3ncc(OC)c(-c4ccccc4)c3c2c1. The van der Waals surface area contributed by atoms with Gasteiger partial charge < -0.3 is 13.9 Å². The van der Waals surface area contributed by atoms with Gasteiger partial charge in [-0.3, -0.25) is 0 Å². The molecule has 4 rings (SSSR count). The van der Waals surface area contributed by atoms with E-state index in [9.17, 15) is 0 Å². The van der Waals surface area contributed by atoms with Crippen molar-refractivity contribution in [1.29, 1.82) is 0 Å². The van der Waals surface area contributed by atoms with E-state index in [1.807, 2.05) is 36.4 Å². The van der Waals surface area contributed by atoms with Crippen LogP contribution < -0.4 is 9.47 Å². The molecule has 2 aromatic carbocycles. The Morgan fingerprint density at radius 2 is 1.78 bits per heavy atom. The Labute approximate surface area is 133 Å². The Morgan fingerprint density at radius 3 is 2.52 bits per heavy atom. The summed E-state index contributed by atoms with van der Waals surface area (Å²) in [4.78, 5) is 4.40. The Hall–Kier alpha value is -3.01. The van der Waals surface area contributed by atoms with Gasteiger partial charge in [0.1, 0.15) is 17.1 Å². The molecule has 0 aliphatic rings. The highest BCUT2D eigenvalue weighted by Gasteiger charge is 2.18. The summed E-state index contributed by atoms with van der Waals surface area (Å²) in [7, 11) is 3.30. The number of furan rings is 1. The molecule has 0 aliphatic carbocycles. The average molecular weight is 305 g/mol. The zero-order valence-corrected chi connectivity index (χ0v) is 12.9. The molecule has 114 valence electrons. The minimum atomic E-state index is 0.591. The lowest BCUT2D eigenvalue weighted by molar-refractivity contribution is 0.415. The summed E-state index contributed by atoms with van der Waals surface area (Å²) < 4.78 is 16.8. The number of fused-ring (bicyclic) bond motifs is 3. The number of aromatic nitrogens is 1. The van der Waals surface area contributed by atoms with Crippen molar-refractivity contribution in [2.75, 3.05) is 14.2 Å². The van der Waals surface area contributed by atoms with E-state index in [1.54, 1.807) is 20.4 Å². The first-order chi connectivity index (χ1) is 11.3. The molecule has 2 heterocycles. The molecule has 0 saturated carbocycles. The summed E-state index contributed by atoms with van der Waals surface area (Å²) in [5.74, 6) is 1.50. The van der Waals surface area contributed by atoms with Gasteiger partial charge in [0, 0.05) is 10.9 Å². The molecule has 0 bridgehead atoms. The molecule has 0 amide bonds. The summed E-state index contributed by atoms with van der Waals surface area (Å²) in [5.41, 5.74) is 3.40. The van der Waals surface area contributed by atoms with Crippen LogP contribution in [0.25, 0.3) is 33.2 Å². The first-order valence-corrected chi connectivity index (χ1v) is 7.30. The molecule has 0 spiro atoms. The predicted octanol–water partition coefficient (Wildman–Crippen LogP) is 4.67. The Kier molecular flexibility index (Phi) is 3.15. The highest BCUT2D eigenvalue weighted by atomic mass is 16.5. The molecule has 0 unspecified atom stereocenters. The number of rotatable bonds is 3. The monoisotopic (exact) mass is 305 g/mol. The molecule has 0 radical (unpaired) electrons. The Bertz CT molecular complexity index is 990. The minimum absolute atomic E-state index is 0.591. The molecule has 0 atom stereocenters. The van der Waals surface area contributed by atoms with Crippen molar-refractivity contribution in [2.24, 2.45) is 0 Å². The van der Waals surface area contributed by atoms with Crippen molar-refractivity contribution in [2.45, 2.75) is 0 Å². The molecule has 0 aliphatic heterocycles. The van der Waals surface area contributed by atoms with Crippen molar-refractivity contribution < 1.29 is 13.9 Å². The second kappa shape index (κ2) is 5.32. The van der Waals surface area contributed by atoms with E-state index in [2.05, 4.69) is 17.1 Å². The lowest BCUT2D eigenvalue weighted by Gasteiger charge is -2.09. The molecule has 23 heavy (non-hydrogen) atoms. The molecule has 4 aromatic rings. The van der Waals surface area contributed by atoms with E-state index in [1.165, 1.54) is 0 Å². The number of methoxy groups -OCH3 is 2. The Morgan fingerprint density at radius 1 is 0.957 bits per heavy atom. The van der Waals surface area contributed by atoms with Gasteiger partial charge in [0.15, 0.2) is 0 Å². The molecule has 0 N–H and O–H groups in total. The third kappa shape index (κ3) is 2.11. The van der Waals surface area contributed by atoms with Gasteiger partial charge in [-0.05, 0) is 23.8 Å². The van der Waals surface area contributed by atoms with Crippen LogP contribution in [0.4, 0.5) is 0 Å². The number of pyridine rings is 1. The second-order valence-corrected chi connectivity index (χ2v) is 5.21. The average Bonchev–Trinajstić information content (AvgIpc) is 2.99. The van der Waals surface area contributed by atoms with Crippen molar-refractivity contribution in [3.8, 4) is 22.6 Å². The van der Waals surface area contributed by atoms with Crippen molar-refractivity contribution in [3.63, 3.8) is 0 Å². The third-order valence-corrected chi connectivity index (χ3v) is 3.95. The number of benzene rings is 2. The lowest BCUT2D eigenvalue weighted by Crippen LogP contribution is -1.90. The molecule has 2 aromatic heterocycles. The fourth-order valence-corrected chi connectivity index (χ4v) is 2.87. The van der Waals surface area contributed by atoms with Gasteiger partial charge in [0.25, 0.3) is 0 Å². The van der Waals surface area contributed by atoms with Crippen LogP contribution in [-0.4, -0.2) is 19.2 Å². The van der Waals surface area contributed by atoms with Crippen LogP contribution in [0, 0.1) is 0 Å². The van der Waals surface area contributed by atoms with E-state index in [0.717, 1.165) is 33.2 Å². The molecule has 4 nitrogen and oxygen atoms in total. The van der Waals surface area contributed by atoms with Gasteiger partial charge in [0.2, 0.25) is 5.71 Å². The fourth-order valence-electron chi connectivity index (χ4n) is 2.87. The zero-order chi connectivity index (χ0) is 15.8. The normalized spacial score (nSPS) is 11.0. The van der Waals surface area contributed by atoms with Gasteiger partial charge in [-0.1, -0.05) is 30.3 Å². The van der Waals surface area contributed by atoms with Crippen LogP contribution in [0.1, 0.15) is 0 Å². The van der Waals surface area contributed by atoms with E-state index in [-0.39, 0.29) is 0 Å².